The van der Waals surface area contributed by atoms with Crippen LogP contribution >= 0.6 is 0 Å². The molecule has 1 heterocycles. The van der Waals surface area contributed by atoms with Crippen LogP contribution in [0.3, 0.4) is 0 Å². The summed E-state index contributed by atoms with van der Waals surface area (Å²) in [7, 11) is 0. The molecule has 22 heavy (non-hydrogen) atoms. The molecule has 0 amide bonds. The summed E-state index contributed by atoms with van der Waals surface area (Å²) in [6.07, 6.45) is 3.36. The molecule has 3 aromatic rings. The Kier molecular flexibility index (Phi) is 3.79. The van der Waals surface area contributed by atoms with Gasteiger partial charge in [0.25, 0.3) is 0 Å². The van der Waals surface area contributed by atoms with Gasteiger partial charge in [0, 0.05) is 0 Å². The number of ketones is 1. The average Bonchev–Trinajstić information content (AvgIpc) is 2.53. The Labute approximate surface area is 129 Å². The van der Waals surface area contributed by atoms with Gasteiger partial charge in [0.1, 0.15) is 5.69 Å². The number of hydrogen-bond acceptors (Lipinski definition) is 3. The molecule has 3 heteroatoms. The van der Waals surface area contributed by atoms with Crippen molar-refractivity contribution < 1.29 is 4.79 Å². The van der Waals surface area contributed by atoms with Gasteiger partial charge in [0.05, 0.1) is 16.7 Å². The zero-order valence-corrected chi connectivity index (χ0v) is 12.6. The first-order chi connectivity index (χ1) is 10.6. The SMILES string of the molecule is Cc1ccc(C=CC(=O)c2nc3ccccc3nc2C)cc1. The van der Waals surface area contributed by atoms with Crippen LogP contribution in [0.4, 0.5) is 0 Å². The van der Waals surface area contributed by atoms with E-state index in [-0.39, 0.29) is 5.78 Å². The van der Waals surface area contributed by atoms with Crippen LogP contribution in [0.5, 0.6) is 0 Å². The fourth-order valence-electron chi connectivity index (χ4n) is 2.25. The van der Waals surface area contributed by atoms with Gasteiger partial charge in [-0.15, -0.1) is 0 Å². The molecule has 2 aromatic carbocycles. The fourth-order valence-corrected chi connectivity index (χ4v) is 2.25. The van der Waals surface area contributed by atoms with Crippen molar-refractivity contribution in [1.29, 1.82) is 0 Å². The monoisotopic (exact) mass is 288 g/mol. The second-order valence-electron chi connectivity index (χ2n) is 5.25. The van der Waals surface area contributed by atoms with Crippen LogP contribution in [0.15, 0.2) is 54.6 Å². The number of rotatable bonds is 3. The minimum atomic E-state index is -0.128. The molecule has 0 saturated heterocycles. The van der Waals surface area contributed by atoms with Crippen LogP contribution in [0.1, 0.15) is 27.3 Å². The Morgan fingerprint density at radius 3 is 2.23 bits per heavy atom. The van der Waals surface area contributed by atoms with E-state index in [9.17, 15) is 4.79 Å². The molecule has 0 aliphatic rings. The third kappa shape index (κ3) is 2.93. The maximum atomic E-state index is 12.4. The topological polar surface area (TPSA) is 42.9 Å². The number of aryl methyl sites for hydroxylation is 2. The maximum absolute atomic E-state index is 12.4. The van der Waals surface area contributed by atoms with E-state index in [4.69, 9.17) is 0 Å². The van der Waals surface area contributed by atoms with E-state index in [1.54, 1.807) is 12.2 Å². The van der Waals surface area contributed by atoms with Gasteiger partial charge >= 0.3 is 0 Å². The molecule has 0 unspecified atom stereocenters. The molecule has 0 aliphatic heterocycles. The van der Waals surface area contributed by atoms with E-state index in [0.29, 0.717) is 11.4 Å². The van der Waals surface area contributed by atoms with Crippen molar-refractivity contribution in [1.82, 2.24) is 9.97 Å². The van der Waals surface area contributed by atoms with Crippen LogP contribution in [0.2, 0.25) is 0 Å². The minimum absolute atomic E-state index is 0.128. The summed E-state index contributed by atoms with van der Waals surface area (Å²) in [4.78, 5) is 21.2. The van der Waals surface area contributed by atoms with Gasteiger partial charge in [-0.05, 0) is 37.6 Å². The van der Waals surface area contributed by atoms with Crippen molar-refractivity contribution in [2.45, 2.75) is 13.8 Å². The molecule has 0 N–H and O–H groups in total. The smallest absolute Gasteiger partial charge is 0.206 e. The Bertz CT molecular complexity index is 864. The summed E-state index contributed by atoms with van der Waals surface area (Å²) in [5.74, 6) is -0.128. The number of aromatic nitrogens is 2. The standard InChI is InChI=1S/C19H16N2O/c1-13-7-9-15(10-8-13)11-12-18(22)19-14(2)20-16-5-3-4-6-17(16)21-19/h3-12H,1-2H3. The maximum Gasteiger partial charge on any atom is 0.206 e. The first-order valence-corrected chi connectivity index (χ1v) is 7.16. The third-order valence-electron chi connectivity index (χ3n) is 3.48. The molecule has 0 bridgehead atoms. The number of nitrogens with zero attached hydrogens (tertiary/aromatic N) is 2. The predicted octanol–water partition coefficient (Wildman–Crippen LogP) is 4.14. The number of allylic oxidation sites excluding steroid dienone is 1. The van der Waals surface area contributed by atoms with E-state index in [2.05, 4.69) is 9.97 Å². The molecule has 0 aliphatic carbocycles. The zero-order chi connectivity index (χ0) is 15.5. The molecule has 3 rings (SSSR count). The van der Waals surface area contributed by atoms with Crippen LogP contribution < -0.4 is 0 Å². The van der Waals surface area contributed by atoms with Crippen molar-refractivity contribution in [2.75, 3.05) is 0 Å². The lowest BCUT2D eigenvalue weighted by molar-refractivity contribution is 0.104. The molecule has 0 radical (unpaired) electrons. The van der Waals surface area contributed by atoms with Gasteiger partial charge in [0.15, 0.2) is 0 Å². The second-order valence-corrected chi connectivity index (χ2v) is 5.25. The Morgan fingerprint density at radius 2 is 1.55 bits per heavy atom. The molecule has 0 spiro atoms. The van der Waals surface area contributed by atoms with Crippen LogP contribution in [-0.2, 0) is 0 Å². The van der Waals surface area contributed by atoms with E-state index < -0.39 is 0 Å². The van der Waals surface area contributed by atoms with Crippen molar-refractivity contribution in [3.8, 4) is 0 Å². The largest absolute Gasteiger partial charge is 0.287 e. The number of para-hydroxylation sites is 2. The molecular weight excluding hydrogens is 272 g/mol. The van der Waals surface area contributed by atoms with Gasteiger partial charge in [-0.3, -0.25) is 4.79 Å². The van der Waals surface area contributed by atoms with Crippen molar-refractivity contribution in [3.05, 3.63) is 77.1 Å². The molecule has 3 nitrogen and oxygen atoms in total. The van der Waals surface area contributed by atoms with E-state index >= 15 is 0 Å². The van der Waals surface area contributed by atoms with Crippen molar-refractivity contribution in [2.24, 2.45) is 0 Å². The first kappa shape index (κ1) is 14.1. The van der Waals surface area contributed by atoms with Crippen LogP contribution in [0.25, 0.3) is 17.1 Å². The second kappa shape index (κ2) is 5.90. The highest BCUT2D eigenvalue weighted by atomic mass is 16.1. The van der Waals surface area contributed by atoms with Crippen molar-refractivity contribution >= 4 is 22.9 Å². The highest BCUT2D eigenvalue weighted by Crippen LogP contribution is 2.14. The zero-order valence-electron chi connectivity index (χ0n) is 12.6. The number of carbonyl (C=O) groups is 1. The summed E-state index contributed by atoms with van der Waals surface area (Å²) in [6, 6.07) is 15.6. The Hall–Kier alpha value is -2.81. The highest BCUT2D eigenvalue weighted by molar-refractivity contribution is 6.06. The number of carbonyl (C=O) groups excluding carboxylic acids is 1. The lowest BCUT2D eigenvalue weighted by Crippen LogP contribution is -2.04. The Balaban J connectivity index is 1.91. The summed E-state index contributed by atoms with van der Waals surface area (Å²) in [6.45, 7) is 3.85. The molecular formula is C19H16N2O. The Morgan fingerprint density at radius 1 is 0.909 bits per heavy atom. The first-order valence-electron chi connectivity index (χ1n) is 7.16. The third-order valence-corrected chi connectivity index (χ3v) is 3.48. The number of hydrogen-bond donors (Lipinski definition) is 0. The molecule has 1 aromatic heterocycles. The normalized spacial score (nSPS) is 11.2. The predicted molar refractivity (Wildman–Crippen MR) is 88.8 cm³/mol. The number of benzene rings is 2. The fraction of sp³-hybridized carbons (Fsp3) is 0.105. The highest BCUT2D eigenvalue weighted by Gasteiger charge is 2.10. The number of fused-ring (bicyclic) bond motifs is 1. The van der Waals surface area contributed by atoms with E-state index in [1.807, 2.05) is 62.4 Å². The lowest BCUT2D eigenvalue weighted by Gasteiger charge is -2.03. The van der Waals surface area contributed by atoms with Gasteiger partial charge in [-0.25, -0.2) is 9.97 Å². The summed E-state index contributed by atoms with van der Waals surface area (Å²) in [5.41, 5.74) is 4.78. The molecule has 108 valence electrons. The summed E-state index contributed by atoms with van der Waals surface area (Å²) in [5, 5.41) is 0. The lowest BCUT2D eigenvalue weighted by atomic mass is 10.1. The van der Waals surface area contributed by atoms with Crippen molar-refractivity contribution in [3.63, 3.8) is 0 Å². The molecule has 0 saturated carbocycles. The van der Waals surface area contributed by atoms with E-state index in [0.717, 1.165) is 16.6 Å². The minimum Gasteiger partial charge on any atom is -0.287 e. The summed E-state index contributed by atoms with van der Waals surface area (Å²) < 4.78 is 0. The molecule has 0 atom stereocenters. The van der Waals surface area contributed by atoms with Crippen LogP contribution in [0, 0.1) is 13.8 Å². The van der Waals surface area contributed by atoms with Gasteiger partial charge < -0.3 is 0 Å². The van der Waals surface area contributed by atoms with E-state index in [1.165, 1.54) is 5.56 Å². The quantitative estimate of drug-likeness (QED) is 0.537. The van der Waals surface area contributed by atoms with Gasteiger partial charge in [0.2, 0.25) is 5.78 Å². The average molecular weight is 288 g/mol. The van der Waals surface area contributed by atoms with Crippen LogP contribution in [-0.4, -0.2) is 15.8 Å². The van der Waals surface area contributed by atoms with Gasteiger partial charge in [-0.2, -0.15) is 0 Å². The summed E-state index contributed by atoms with van der Waals surface area (Å²) >= 11 is 0. The molecule has 0 fully saturated rings. The van der Waals surface area contributed by atoms with Gasteiger partial charge in [-0.1, -0.05) is 48.0 Å².